The number of benzene rings is 1. The van der Waals surface area contributed by atoms with E-state index in [2.05, 4.69) is 29.2 Å². The number of likely N-dealkylation sites (N-methyl/N-ethyl adjacent to an activating group) is 2. The van der Waals surface area contributed by atoms with Gasteiger partial charge in [-0.3, -0.25) is 4.90 Å². The summed E-state index contributed by atoms with van der Waals surface area (Å²) >= 11 is 12.0. The van der Waals surface area contributed by atoms with Crippen LogP contribution >= 0.6 is 23.2 Å². The maximum Gasteiger partial charge on any atom is 0.0929 e. The van der Waals surface area contributed by atoms with Crippen molar-refractivity contribution >= 4 is 23.2 Å². The zero-order chi connectivity index (χ0) is 15.4. The van der Waals surface area contributed by atoms with Crippen LogP contribution in [0.25, 0.3) is 0 Å². The highest BCUT2D eigenvalue weighted by Crippen LogP contribution is 2.25. The first kappa shape index (κ1) is 17.0. The Labute approximate surface area is 136 Å². The minimum atomic E-state index is -0.650. The van der Waals surface area contributed by atoms with E-state index >= 15 is 0 Å². The Hall–Kier alpha value is -0.360. The van der Waals surface area contributed by atoms with Gasteiger partial charge in [0.1, 0.15) is 0 Å². The van der Waals surface area contributed by atoms with Crippen LogP contribution in [-0.2, 0) is 0 Å². The summed E-state index contributed by atoms with van der Waals surface area (Å²) in [6.45, 7) is 4.53. The van der Waals surface area contributed by atoms with Gasteiger partial charge in [0.2, 0.25) is 0 Å². The van der Waals surface area contributed by atoms with Crippen LogP contribution in [0.2, 0.25) is 10.0 Å². The normalized spacial score (nSPS) is 22.4. The van der Waals surface area contributed by atoms with E-state index in [0.29, 0.717) is 28.2 Å². The van der Waals surface area contributed by atoms with Crippen molar-refractivity contribution in [2.45, 2.75) is 12.1 Å². The van der Waals surface area contributed by atoms with Crippen molar-refractivity contribution in [3.8, 4) is 0 Å². The second-order valence-corrected chi connectivity index (χ2v) is 6.58. The summed E-state index contributed by atoms with van der Waals surface area (Å²) < 4.78 is 0. The van der Waals surface area contributed by atoms with Crippen LogP contribution in [0, 0.1) is 0 Å². The zero-order valence-corrected chi connectivity index (χ0v) is 14.0. The second-order valence-electron chi connectivity index (χ2n) is 5.74. The van der Waals surface area contributed by atoms with Crippen molar-refractivity contribution in [2.75, 3.05) is 46.8 Å². The van der Waals surface area contributed by atoms with Crippen molar-refractivity contribution in [2.24, 2.45) is 0 Å². The molecule has 1 heterocycles. The first-order chi connectivity index (χ1) is 9.97. The van der Waals surface area contributed by atoms with Gasteiger partial charge in [0.25, 0.3) is 0 Å². The molecule has 0 aliphatic carbocycles. The summed E-state index contributed by atoms with van der Waals surface area (Å²) in [6.07, 6.45) is -0.650. The molecule has 1 aliphatic heterocycles. The third-order valence-corrected chi connectivity index (χ3v) is 4.59. The number of rotatable bonds is 5. The standard InChI is InChI=1S/C15H23Cl2N3O/c1-19-5-6-20(2)12(10-19)8-18-9-15(21)13-7-11(16)3-4-14(13)17/h3-4,7,12,15,18,21H,5-6,8-10H2,1-2H3. The molecule has 1 saturated heterocycles. The van der Waals surface area contributed by atoms with Crippen LogP contribution in [0.15, 0.2) is 18.2 Å². The minimum absolute atomic E-state index is 0.464. The van der Waals surface area contributed by atoms with Crippen molar-refractivity contribution in [1.82, 2.24) is 15.1 Å². The van der Waals surface area contributed by atoms with Gasteiger partial charge >= 0.3 is 0 Å². The van der Waals surface area contributed by atoms with Gasteiger partial charge in [0.15, 0.2) is 0 Å². The Morgan fingerprint density at radius 3 is 2.86 bits per heavy atom. The van der Waals surface area contributed by atoms with Crippen molar-refractivity contribution < 1.29 is 5.11 Å². The molecule has 1 aromatic rings. The van der Waals surface area contributed by atoms with Gasteiger partial charge in [-0.2, -0.15) is 0 Å². The lowest BCUT2D eigenvalue weighted by Crippen LogP contribution is -2.54. The fourth-order valence-electron chi connectivity index (χ4n) is 2.59. The zero-order valence-electron chi connectivity index (χ0n) is 12.5. The van der Waals surface area contributed by atoms with Crippen LogP contribution < -0.4 is 5.32 Å². The van der Waals surface area contributed by atoms with E-state index in [1.54, 1.807) is 18.2 Å². The quantitative estimate of drug-likeness (QED) is 0.863. The van der Waals surface area contributed by atoms with E-state index in [0.717, 1.165) is 26.2 Å². The molecule has 0 bridgehead atoms. The van der Waals surface area contributed by atoms with Gasteiger partial charge in [-0.05, 0) is 32.3 Å². The third-order valence-electron chi connectivity index (χ3n) is 4.01. The molecule has 2 N–H and O–H groups in total. The lowest BCUT2D eigenvalue weighted by Gasteiger charge is -2.38. The van der Waals surface area contributed by atoms with E-state index in [1.807, 2.05) is 0 Å². The largest absolute Gasteiger partial charge is 0.387 e. The SMILES string of the molecule is CN1CCN(C)C(CNCC(O)c2cc(Cl)ccc2Cl)C1. The Morgan fingerprint density at radius 2 is 2.10 bits per heavy atom. The number of hydrogen-bond acceptors (Lipinski definition) is 4. The Morgan fingerprint density at radius 1 is 1.33 bits per heavy atom. The van der Waals surface area contributed by atoms with Crippen LogP contribution in [0.3, 0.4) is 0 Å². The monoisotopic (exact) mass is 331 g/mol. The van der Waals surface area contributed by atoms with E-state index in [4.69, 9.17) is 23.2 Å². The molecule has 2 unspecified atom stereocenters. The maximum absolute atomic E-state index is 10.2. The van der Waals surface area contributed by atoms with Crippen LogP contribution in [0.5, 0.6) is 0 Å². The molecule has 1 aliphatic rings. The van der Waals surface area contributed by atoms with E-state index in [1.165, 1.54) is 0 Å². The fourth-order valence-corrected chi connectivity index (χ4v) is 3.01. The second kappa shape index (κ2) is 7.77. The highest BCUT2D eigenvalue weighted by Gasteiger charge is 2.22. The van der Waals surface area contributed by atoms with Crippen molar-refractivity contribution in [1.29, 1.82) is 0 Å². The number of aliphatic hydroxyl groups excluding tert-OH is 1. The summed E-state index contributed by atoms with van der Waals surface area (Å²) in [5.74, 6) is 0. The summed E-state index contributed by atoms with van der Waals surface area (Å²) in [7, 11) is 4.28. The number of piperazine rings is 1. The van der Waals surface area contributed by atoms with Gasteiger partial charge in [-0.25, -0.2) is 0 Å². The molecule has 118 valence electrons. The molecule has 21 heavy (non-hydrogen) atoms. The molecule has 1 aromatic carbocycles. The summed E-state index contributed by atoms with van der Waals surface area (Å²) in [4.78, 5) is 4.68. The molecule has 0 spiro atoms. The van der Waals surface area contributed by atoms with Gasteiger partial charge in [0, 0.05) is 54.4 Å². The van der Waals surface area contributed by atoms with Gasteiger partial charge in [-0.15, -0.1) is 0 Å². The number of nitrogens with one attached hydrogen (secondary N) is 1. The van der Waals surface area contributed by atoms with Crippen molar-refractivity contribution in [3.63, 3.8) is 0 Å². The smallest absolute Gasteiger partial charge is 0.0929 e. The van der Waals surface area contributed by atoms with Crippen LogP contribution in [-0.4, -0.2) is 67.8 Å². The molecule has 2 atom stereocenters. The van der Waals surface area contributed by atoms with Crippen LogP contribution in [0.4, 0.5) is 0 Å². The molecule has 4 nitrogen and oxygen atoms in total. The van der Waals surface area contributed by atoms with E-state index in [9.17, 15) is 5.11 Å². The third kappa shape index (κ3) is 4.81. The molecular weight excluding hydrogens is 309 g/mol. The lowest BCUT2D eigenvalue weighted by molar-refractivity contribution is 0.108. The fraction of sp³-hybridized carbons (Fsp3) is 0.600. The topological polar surface area (TPSA) is 38.7 Å². The minimum Gasteiger partial charge on any atom is -0.387 e. The molecular formula is C15H23Cl2N3O. The summed E-state index contributed by atoms with van der Waals surface area (Å²) in [6, 6.07) is 5.62. The van der Waals surface area contributed by atoms with E-state index < -0.39 is 6.10 Å². The molecule has 0 amide bonds. The van der Waals surface area contributed by atoms with Crippen molar-refractivity contribution in [3.05, 3.63) is 33.8 Å². The van der Waals surface area contributed by atoms with Gasteiger partial charge in [0.05, 0.1) is 6.10 Å². The Bertz CT molecular complexity index is 472. The number of aliphatic hydroxyl groups is 1. The predicted molar refractivity (Wildman–Crippen MR) is 88.2 cm³/mol. The molecule has 2 rings (SSSR count). The number of nitrogens with zero attached hydrogens (tertiary/aromatic N) is 2. The molecule has 0 radical (unpaired) electrons. The number of halogens is 2. The molecule has 6 heteroatoms. The summed E-state index contributed by atoms with van der Waals surface area (Å²) in [5.41, 5.74) is 0.672. The van der Waals surface area contributed by atoms with Gasteiger partial charge < -0.3 is 15.3 Å². The van der Waals surface area contributed by atoms with Crippen LogP contribution in [0.1, 0.15) is 11.7 Å². The average Bonchev–Trinajstić information content (AvgIpc) is 2.45. The highest BCUT2D eigenvalue weighted by atomic mass is 35.5. The number of hydrogen-bond donors (Lipinski definition) is 2. The highest BCUT2D eigenvalue weighted by molar-refractivity contribution is 6.33. The first-order valence-corrected chi connectivity index (χ1v) is 7.95. The van der Waals surface area contributed by atoms with E-state index in [-0.39, 0.29) is 0 Å². The molecule has 1 fully saturated rings. The Kier molecular flexibility index (Phi) is 6.29. The van der Waals surface area contributed by atoms with Gasteiger partial charge in [-0.1, -0.05) is 23.2 Å². The molecule has 0 saturated carbocycles. The lowest BCUT2D eigenvalue weighted by atomic mass is 10.1. The maximum atomic E-state index is 10.2. The average molecular weight is 332 g/mol. The summed E-state index contributed by atoms with van der Waals surface area (Å²) in [5, 5.41) is 14.7. The Balaban J connectivity index is 1.83. The first-order valence-electron chi connectivity index (χ1n) is 7.20. The molecule has 0 aromatic heterocycles. The predicted octanol–water partition coefficient (Wildman–Crippen LogP) is 1.86.